The van der Waals surface area contributed by atoms with E-state index in [2.05, 4.69) is 4.90 Å². The third-order valence-electron chi connectivity index (χ3n) is 3.04. The SMILES string of the molecule is COc1ccc(Cl)c(C(=O)CN2CCCC2)c1. The summed E-state index contributed by atoms with van der Waals surface area (Å²) in [6.45, 7) is 2.47. The van der Waals surface area contributed by atoms with Crippen molar-refractivity contribution in [2.75, 3.05) is 26.7 Å². The smallest absolute Gasteiger partial charge is 0.178 e. The lowest BCUT2D eigenvalue weighted by Crippen LogP contribution is -2.27. The van der Waals surface area contributed by atoms with Gasteiger partial charge in [0.1, 0.15) is 5.75 Å². The Morgan fingerprint density at radius 2 is 2.12 bits per heavy atom. The van der Waals surface area contributed by atoms with Gasteiger partial charge in [-0.3, -0.25) is 9.69 Å². The van der Waals surface area contributed by atoms with Crippen LogP contribution in [0.5, 0.6) is 5.75 Å². The van der Waals surface area contributed by atoms with Crippen molar-refractivity contribution in [3.8, 4) is 5.75 Å². The Morgan fingerprint density at radius 1 is 1.41 bits per heavy atom. The maximum atomic E-state index is 12.1. The summed E-state index contributed by atoms with van der Waals surface area (Å²) >= 11 is 6.04. The average molecular weight is 254 g/mol. The molecule has 1 saturated heterocycles. The van der Waals surface area contributed by atoms with Crippen LogP contribution in [0.15, 0.2) is 18.2 Å². The van der Waals surface area contributed by atoms with Crippen molar-refractivity contribution in [1.29, 1.82) is 0 Å². The van der Waals surface area contributed by atoms with E-state index in [9.17, 15) is 4.79 Å². The van der Waals surface area contributed by atoms with E-state index in [4.69, 9.17) is 16.3 Å². The van der Waals surface area contributed by atoms with Crippen LogP contribution in [0.4, 0.5) is 0 Å². The van der Waals surface area contributed by atoms with Crippen molar-refractivity contribution in [1.82, 2.24) is 4.90 Å². The van der Waals surface area contributed by atoms with Gasteiger partial charge < -0.3 is 4.74 Å². The number of benzene rings is 1. The first-order valence-electron chi connectivity index (χ1n) is 5.80. The average Bonchev–Trinajstić information content (AvgIpc) is 2.82. The molecule has 0 aliphatic carbocycles. The van der Waals surface area contributed by atoms with Crippen LogP contribution in [-0.4, -0.2) is 37.4 Å². The first-order valence-corrected chi connectivity index (χ1v) is 6.17. The number of carbonyl (C=O) groups is 1. The predicted molar refractivity (Wildman–Crippen MR) is 68.0 cm³/mol. The van der Waals surface area contributed by atoms with E-state index in [0.717, 1.165) is 13.1 Å². The highest BCUT2D eigenvalue weighted by molar-refractivity contribution is 6.34. The van der Waals surface area contributed by atoms with Gasteiger partial charge in [0.2, 0.25) is 0 Å². The minimum Gasteiger partial charge on any atom is -0.497 e. The fourth-order valence-corrected chi connectivity index (χ4v) is 2.30. The van der Waals surface area contributed by atoms with Crippen LogP contribution in [0.3, 0.4) is 0 Å². The zero-order chi connectivity index (χ0) is 12.3. The molecular weight excluding hydrogens is 238 g/mol. The van der Waals surface area contributed by atoms with E-state index >= 15 is 0 Å². The van der Waals surface area contributed by atoms with Crippen molar-refractivity contribution in [3.05, 3.63) is 28.8 Å². The van der Waals surface area contributed by atoms with Crippen LogP contribution in [0.2, 0.25) is 5.02 Å². The minimum absolute atomic E-state index is 0.0656. The lowest BCUT2D eigenvalue weighted by molar-refractivity contribution is 0.0945. The number of likely N-dealkylation sites (tertiary alicyclic amines) is 1. The highest BCUT2D eigenvalue weighted by Crippen LogP contribution is 2.23. The number of ether oxygens (including phenoxy) is 1. The van der Waals surface area contributed by atoms with Crippen LogP contribution in [0.1, 0.15) is 23.2 Å². The van der Waals surface area contributed by atoms with E-state index < -0.39 is 0 Å². The van der Waals surface area contributed by atoms with E-state index in [0.29, 0.717) is 22.9 Å². The Labute approximate surface area is 106 Å². The van der Waals surface area contributed by atoms with Gasteiger partial charge >= 0.3 is 0 Å². The lowest BCUT2D eigenvalue weighted by Gasteiger charge is -2.14. The summed E-state index contributed by atoms with van der Waals surface area (Å²) in [5, 5.41) is 0.495. The van der Waals surface area contributed by atoms with Gasteiger partial charge in [-0.15, -0.1) is 0 Å². The van der Waals surface area contributed by atoms with E-state index in [1.165, 1.54) is 12.8 Å². The fraction of sp³-hybridized carbons (Fsp3) is 0.462. The van der Waals surface area contributed by atoms with Gasteiger partial charge in [0, 0.05) is 5.56 Å². The summed E-state index contributed by atoms with van der Waals surface area (Å²) in [5.41, 5.74) is 0.554. The molecule has 0 unspecified atom stereocenters. The second kappa shape index (κ2) is 5.52. The number of halogens is 1. The molecule has 0 atom stereocenters. The molecule has 0 bridgehead atoms. The van der Waals surface area contributed by atoms with Gasteiger partial charge in [-0.25, -0.2) is 0 Å². The van der Waals surface area contributed by atoms with E-state index in [-0.39, 0.29) is 5.78 Å². The normalized spacial score (nSPS) is 16.1. The molecule has 17 heavy (non-hydrogen) atoms. The Kier molecular flexibility index (Phi) is 4.02. The number of hydrogen-bond donors (Lipinski definition) is 0. The van der Waals surface area contributed by atoms with Gasteiger partial charge in [-0.1, -0.05) is 11.6 Å². The monoisotopic (exact) mass is 253 g/mol. The molecule has 1 aromatic rings. The van der Waals surface area contributed by atoms with Crippen molar-refractivity contribution in [2.45, 2.75) is 12.8 Å². The highest BCUT2D eigenvalue weighted by Gasteiger charge is 2.18. The molecule has 2 rings (SSSR count). The molecule has 0 amide bonds. The Bertz CT molecular complexity index is 414. The molecule has 1 fully saturated rings. The molecule has 1 aromatic carbocycles. The first-order chi connectivity index (χ1) is 8.20. The molecule has 0 spiro atoms. The third-order valence-corrected chi connectivity index (χ3v) is 3.37. The number of carbonyl (C=O) groups excluding carboxylic acids is 1. The molecule has 1 aliphatic heterocycles. The number of nitrogens with zero attached hydrogens (tertiary/aromatic N) is 1. The zero-order valence-electron chi connectivity index (χ0n) is 9.91. The van der Waals surface area contributed by atoms with Gasteiger partial charge in [-0.2, -0.15) is 0 Å². The minimum atomic E-state index is 0.0656. The van der Waals surface area contributed by atoms with Crippen LogP contribution in [0.25, 0.3) is 0 Å². The number of ketones is 1. The second-order valence-corrected chi connectivity index (χ2v) is 4.66. The highest BCUT2D eigenvalue weighted by atomic mass is 35.5. The van der Waals surface area contributed by atoms with Crippen molar-refractivity contribution in [2.24, 2.45) is 0 Å². The summed E-state index contributed by atoms with van der Waals surface area (Å²) in [7, 11) is 1.58. The summed E-state index contributed by atoms with van der Waals surface area (Å²) in [4.78, 5) is 14.3. The maximum Gasteiger partial charge on any atom is 0.178 e. The first kappa shape index (κ1) is 12.4. The largest absolute Gasteiger partial charge is 0.497 e. The lowest BCUT2D eigenvalue weighted by atomic mass is 10.1. The standard InChI is InChI=1S/C13H16ClNO2/c1-17-10-4-5-12(14)11(8-10)13(16)9-15-6-2-3-7-15/h4-5,8H,2-3,6-7,9H2,1H3. The summed E-state index contributed by atoms with van der Waals surface area (Å²) in [6.07, 6.45) is 2.36. The third kappa shape index (κ3) is 2.99. The van der Waals surface area contributed by atoms with Crippen LogP contribution < -0.4 is 4.74 Å². The Morgan fingerprint density at radius 3 is 2.76 bits per heavy atom. The van der Waals surface area contributed by atoms with Crippen molar-refractivity contribution < 1.29 is 9.53 Å². The van der Waals surface area contributed by atoms with Crippen molar-refractivity contribution >= 4 is 17.4 Å². The fourth-order valence-electron chi connectivity index (χ4n) is 2.07. The van der Waals surface area contributed by atoms with Gasteiger partial charge in [0.25, 0.3) is 0 Å². The van der Waals surface area contributed by atoms with Crippen molar-refractivity contribution in [3.63, 3.8) is 0 Å². The number of Topliss-reactive ketones (excluding diaryl/α,β-unsaturated/α-hetero) is 1. The molecular formula is C13H16ClNO2. The molecule has 0 aromatic heterocycles. The quantitative estimate of drug-likeness (QED) is 0.773. The molecule has 1 aliphatic rings. The van der Waals surface area contributed by atoms with Gasteiger partial charge in [0.05, 0.1) is 18.7 Å². The van der Waals surface area contributed by atoms with Crippen LogP contribution >= 0.6 is 11.6 Å². The number of hydrogen-bond acceptors (Lipinski definition) is 3. The summed E-state index contributed by atoms with van der Waals surface area (Å²) < 4.78 is 5.11. The Hall–Kier alpha value is -1.06. The molecule has 0 radical (unpaired) electrons. The predicted octanol–water partition coefficient (Wildman–Crippen LogP) is 2.63. The Balaban J connectivity index is 2.11. The molecule has 3 nitrogen and oxygen atoms in total. The van der Waals surface area contributed by atoms with E-state index in [1.54, 1.807) is 25.3 Å². The second-order valence-electron chi connectivity index (χ2n) is 4.25. The summed E-state index contributed by atoms with van der Waals surface area (Å²) in [5.74, 6) is 0.731. The summed E-state index contributed by atoms with van der Waals surface area (Å²) in [6, 6.07) is 5.17. The van der Waals surface area contributed by atoms with Crippen LogP contribution in [0, 0.1) is 0 Å². The van der Waals surface area contributed by atoms with Gasteiger partial charge in [-0.05, 0) is 44.1 Å². The maximum absolute atomic E-state index is 12.1. The topological polar surface area (TPSA) is 29.5 Å². The molecule has 4 heteroatoms. The van der Waals surface area contributed by atoms with E-state index in [1.807, 2.05) is 0 Å². The van der Waals surface area contributed by atoms with Gasteiger partial charge in [0.15, 0.2) is 5.78 Å². The zero-order valence-corrected chi connectivity index (χ0v) is 10.7. The molecule has 1 heterocycles. The molecule has 0 saturated carbocycles. The van der Waals surface area contributed by atoms with Crippen LogP contribution in [-0.2, 0) is 0 Å². The molecule has 0 N–H and O–H groups in total. The number of methoxy groups -OCH3 is 1. The number of rotatable bonds is 4. The molecule has 92 valence electrons.